The molecular formula is C13H19N3O3. The molecule has 2 N–H and O–H groups in total. The van der Waals surface area contributed by atoms with Crippen LogP contribution in [0.2, 0.25) is 0 Å². The summed E-state index contributed by atoms with van der Waals surface area (Å²) in [6.07, 6.45) is 5.21. The Bertz CT molecular complexity index is 447. The van der Waals surface area contributed by atoms with Crippen LogP contribution in [-0.2, 0) is 4.79 Å². The van der Waals surface area contributed by atoms with Gasteiger partial charge in [-0.05, 0) is 25.7 Å². The highest BCUT2D eigenvalue weighted by atomic mass is 16.5. The summed E-state index contributed by atoms with van der Waals surface area (Å²) < 4.78 is 5.44. The zero-order chi connectivity index (χ0) is 13.7. The van der Waals surface area contributed by atoms with E-state index in [4.69, 9.17) is 9.84 Å². The van der Waals surface area contributed by atoms with Crippen LogP contribution in [0.1, 0.15) is 39.0 Å². The Hall–Kier alpha value is -1.85. The molecule has 0 aliphatic heterocycles. The quantitative estimate of drug-likeness (QED) is 0.785. The molecule has 104 valence electrons. The van der Waals surface area contributed by atoms with E-state index in [0.717, 1.165) is 25.7 Å². The van der Waals surface area contributed by atoms with E-state index < -0.39 is 5.97 Å². The first-order valence-corrected chi connectivity index (χ1v) is 6.58. The maximum atomic E-state index is 10.9. The molecule has 1 fully saturated rings. The average molecular weight is 265 g/mol. The number of rotatable bonds is 7. The summed E-state index contributed by atoms with van der Waals surface area (Å²) in [4.78, 5) is 19.1. The lowest BCUT2D eigenvalue weighted by molar-refractivity contribution is -0.138. The number of nitrogens with zero attached hydrogens (tertiary/aromatic N) is 2. The maximum Gasteiger partial charge on any atom is 0.305 e. The second-order valence-corrected chi connectivity index (χ2v) is 4.92. The van der Waals surface area contributed by atoms with Gasteiger partial charge < -0.3 is 15.2 Å². The molecule has 0 aromatic carbocycles. The van der Waals surface area contributed by atoms with Crippen LogP contribution in [0.25, 0.3) is 0 Å². The molecule has 0 bridgehead atoms. The van der Waals surface area contributed by atoms with E-state index in [2.05, 4.69) is 15.3 Å². The number of carbonyl (C=O) groups is 1. The predicted molar refractivity (Wildman–Crippen MR) is 70.3 cm³/mol. The van der Waals surface area contributed by atoms with Crippen molar-refractivity contribution < 1.29 is 14.6 Å². The van der Waals surface area contributed by atoms with E-state index in [0.29, 0.717) is 18.3 Å². The van der Waals surface area contributed by atoms with Gasteiger partial charge in [-0.25, -0.2) is 9.97 Å². The summed E-state index contributed by atoms with van der Waals surface area (Å²) in [5.41, 5.74) is -0.359. The molecule has 6 nitrogen and oxygen atoms in total. The molecule has 6 heteroatoms. The highest BCUT2D eigenvalue weighted by molar-refractivity contribution is 5.69. The van der Waals surface area contributed by atoms with Crippen molar-refractivity contribution in [1.82, 2.24) is 9.97 Å². The smallest absolute Gasteiger partial charge is 0.305 e. The van der Waals surface area contributed by atoms with E-state index in [1.807, 2.05) is 6.92 Å². The van der Waals surface area contributed by atoms with Crippen molar-refractivity contribution >= 4 is 11.8 Å². The number of carboxylic acid groups (broad SMARTS) is 1. The van der Waals surface area contributed by atoms with Crippen LogP contribution in [0.3, 0.4) is 0 Å². The van der Waals surface area contributed by atoms with Crippen LogP contribution in [0.15, 0.2) is 12.4 Å². The lowest BCUT2D eigenvalue weighted by Gasteiger charge is -2.41. The highest BCUT2D eigenvalue weighted by Gasteiger charge is 2.39. The van der Waals surface area contributed by atoms with Crippen LogP contribution in [0.4, 0.5) is 5.82 Å². The molecule has 1 saturated carbocycles. The average Bonchev–Trinajstić information content (AvgIpc) is 2.33. The van der Waals surface area contributed by atoms with Crippen molar-refractivity contribution in [2.24, 2.45) is 0 Å². The van der Waals surface area contributed by atoms with Crippen LogP contribution >= 0.6 is 0 Å². The minimum atomic E-state index is -0.788. The third kappa shape index (κ3) is 3.56. The number of aromatic nitrogens is 2. The first-order chi connectivity index (χ1) is 9.13. The van der Waals surface area contributed by atoms with Crippen molar-refractivity contribution in [3.05, 3.63) is 12.4 Å². The van der Waals surface area contributed by atoms with Crippen LogP contribution in [0, 0.1) is 0 Å². The second-order valence-electron chi connectivity index (χ2n) is 4.92. The standard InChI is InChI=1S/C13H19N3O3/c1-2-6-19-11-7-10(14-9-15-11)16-13(4-3-5-13)8-12(17)18/h7,9H,2-6,8H2,1H3,(H,17,18)(H,14,15,16). The molecule has 0 saturated heterocycles. The van der Waals surface area contributed by atoms with Crippen LogP contribution < -0.4 is 10.1 Å². The van der Waals surface area contributed by atoms with Crippen molar-refractivity contribution in [3.8, 4) is 5.88 Å². The largest absolute Gasteiger partial charge is 0.481 e. The maximum absolute atomic E-state index is 10.9. The monoisotopic (exact) mass is 265 g/mol. The fourth-order valence-electron chi connectivity index (χ4n) is 2.20. The Balaban J connectivity index is 2.03. The third-order valence-electron chi connectivity index (χ3n) is 3.29. The van der Waals surface area contributed by atoms with Gasteiger partial charge in [-0.1, -0.05) is 6.92 Å². The molecule has 0 atom stereocenters. The first kappa shape index (κ1) is 13.6. The summed E-state index contributed by atoms with van der Waals surface area (Å²) in [7, 11) is 0. The second kappa shape index (κ2) is 5.86. The topological polar surface area (TPSA) is 84.3 Å². The number of hydrogen-bond acceptors (Lipinski definition) is 5. The molecule has 0 unspecified atom stereocenters. The van der Waals surface area contributed by atoms with Gasteiger partial charge in [0, 0.05) is 11.6 Å². The van der Waals surface area contributed by atoms with Gasteiger partial charge in [0.25, 0.3) is 0 Å². The van der Waals surface area contributed by atoms with Gasteiger partial charge in [-0.2, -0.15) is 0 Å². The summed E-state index contributed by atoms with van der Waals surface area (Å²) in [5, 5.41) is 12.2. The molecule has 2 rings (SSSR count). The third-order valence-corrected chi connectivity index (χ3v) is 3.29. The number of ether oxygens (including phenoxy) is 1. The Morgan fingerprint density at radius 2 is 2.32 bits per heavy atom. The zero-order valence-electron chi connectivity index (χ0n) is 11.1. The molecule has 0 amide bonds. The molecule has 0 spiro atoms. The van der Waals surface area contributed by atoms with Gasteiger partial charge in [0.15, 0.2) is 0 Å². The minimum Gasteiger partial charge on any atom is -0.481 e. The number of anilines is 1. The molecule has 19 heavy (non-hydrogen) atoms. The summed E-state index contributed by atoms with van der Waals surface area (Å²) in [6, 6.07) is 1.72. The van der Waals surface area contributed by atoms with Crippen molar-refractivity contribution in [2.45, 2.75) is 44.6 Å². The Labute approximate surface area is 112 Å². The molecule has 1 aromatic heterocycles. The number of hydrogen-bond donors (Lipinski definition) is 2. The van der Waals surface area contributed by atoms with E-state index in [9.17, 15) is 4.79 Å². The summed E-state index contributed by atoms with van der Waals surface area (Å²) in [5.74, 6) is 0.356. The molecular weight excluding hydrogens is 246 g/mol. The van der Waals surface area contributed by atoms with Crippen LogP contribution in [0.5, 0.6) is 5.88 Å². The van der Waals surface area contributed by atoms with Crippen molar-refractivity contribution in [3.63, 3.8) is 0 Å². The van der Waals surface area contributed by atoms with E-state index in [1.54, 1.807) is 6.07 Å². The van der Waals surface area contributed by atoms with E-state index >= 15 is 0 Å². The zero-order valence-corrected chi connectivity index (χ0v) is 11.1. The Morgan fingerprint density at radius 3 is 2.89 bits per heavy atom. The Kier molecular flexibility index (Phi) is 4.19. The van der Waals surface area contributed by atoms with Crippen molar-refractivity contribution in [1.29, 1.82) is 0 Å². The fourth-order valence-corrected chi connectivity index (χ4v) is 2.20. The number of carboxylic acids is 1. The number of aliphatic carboxylic acids is 1. The molecule has 1 aliphatic carbocycles. The van der Waals surface area contributed by atoms with Gasteiger partial charge in [0.1, 0.15) is 12.1 Å². The molecule has 1 aliphatic rings. The fraction of sp³-hybridized carbons (Fsp3) is 0.615. The van der Waals surface area contributed by atoms with E-state index in [1.165, 1.54) is 6.33 Å². The normalized spacial score (nSPS) is 16.5. The van der Waals surface area contributed by atoms with Crippen LogP contribution in [-0.4, -0.2) is 33.2 Å². The van der Waals surface area contributed by atoms with Gasteiger partial charge in [0.05, 0.1) is 13.0 Å². The van der Waals surface area contributed by atoms with Crippen molar-refractivity contribution in [2.75, 3.05) is 11.9 Å². The van der Waals surface area contributed by atoms with E-state index in [-0.39, 0.29) is 12.0 Å². The lowest BCUT2D eigenvalue weighted by Crippen LogP contribution is -2.46. The van der Waals surface area contributed by atoms with Gasteiger partial charge in [-0.3, -0.25) is 4.79 Å². The van der Waals surface area contributed by atoms with Gasteiger partial charge in [0.2, 0.25) is 5.88 Å². The van der Waals surface area contributed by atoms with Gasteiger partial charge in [-0.15, -0.1) is 0 Å². The SMILES string of the molecule is CCCOc1cc(NC2(CC(=O)O)CCC2)ncn1. The minimum absolute atomic E-state index is 0.113. The Morgan fingerprint density at radius 1 is 1.53 bits per heavy atom. The molecule has 1 heterocycles. The molecule has 1 aromatic rings. The first-order valence-electron chi connectivity index (χ1n) is 6.58. The number of nitrogens with one attached hydrogen (secondary N) is 1. The predicted octanol–water partition coefficient (Wildman–Crippen LogP) is 2.07. The molecule has 0 radical (unpaired) electrons. The van der Waals surface area contributed by atoms with Gasteiger partial charge >= 0.3 is 5.97 Å². The summed E-state index contributed by atoms with van der Waals surface area (Å²) >= 11 is 0. The summed E-state index contributed by atoms with van der Waals surface area (Å²) in [6.45, 7) is 2.63. The highest BCUT2D eigenvalue weighted by Crippen LogP contribution is 2.38. The lowest BCUT2D eigenvalue weighted by atomic mass is 9.74.